The van der Waals surface area contributed by atoms with Crippen molar-refractivity contribution in [3.05, 3.63) is 35.4 Å². The van der Waals surface area contributed by atoms with E-state index >= 15 is 0 Å². The van der Waals surface area contributed by atoms with Crippen molar-refractivity contribution in [2.24, 2.45) is 0 Å². The van der Waals surface area contributed by atoms with Gasteiger partial charge in [-0.15, -0.1) is 0 Å². The maximum Gasteiger partial charge on any atom is 0.410 e. The van der Waals surface area contributed by atoms with Gasteiger partial charge in [0.2, 0.25) is 0 Å². The molecule has 0 aromatic heterocycles. The van der Waals surface area contributed by atoms with Crippen LogP contribution in [0.4, 0.5) is 4.79 Å². The number of piperazine rings is 1. The molecule has 0 saturated carbocycles. The zero-order valence-corrected chi connectivity index (χ0v) is 19.2. The summed E-state index contributed by atoms with van der Waals surface area (Å²) in [5, 5.41) is 3.01. The monoisotopic (exact) mass is 403 g/mol. The predicted octanol–water partition coefficient (Wildman–Crippen LogP) is 4.04. The van der Waals surface area contributed by atoms with Gasteiger partial charge in [-0.1, -0.05) is 12.1 Å². The highest BCUT2D eigenvalue weighted by molar-refractivity contribution is 5.94. The molecule has 2 rings (SSSR count). The van der Waals surface area contributed by atoms with Gasteiger partial charge in [-0.25, -0.2) is 4.79 Å². The minimum Gasteiger partial charge on any atom is -0.444 e. The lowest BCUT2D eigenvalue weighted by Gasteiger charge is -2.44. The Morgan fingerprint density at radius 2 is 1.66 bits per heavy atom. The molecule has 1 saturated heterocycles. The molecular weight excluding hydrogens is 366 g/mol. The van der Waals surface area contributed by atoms with Gasteiger partial charge in [0.25, 0.3) is 5.91 Å². The zero-order valence-electron chi connectivity index (χ0n) is 19.2. The summed E-state index contributed by atoms with van der Waals surface area (Å²) in [7, 11) is 0. The Kier molecular flexibility index (Phi) is 6.99. The fourth-order valence-electron chi connectivity index (χ4n) is 3.58. The third-order valence-corrected chi connectivity index (χ3v) is 4.80. The van der Waals surface area contributed by atoms with Gasteiger partial charge >= 0.3 is 6.09 Å². The zero-order chi connectivity index (χ0) is 22.0. The average Bonchev–Trinajstić information content (AvgIpc) is 2.55. The lowest BCUT2D eigenvalue weighted by atomic mass is 10.0. The van der Waals surface area contributed by atoms with Gasteiger partial charge in [0.15, 0.2) is 0 Å². The number of ether oxygens (including phenoxy) is 1. The van der Waals surface area contributed by atoms with E-state index in [-0.39, 0.29) is 29.6 Å². The summed E-state index contributed by atoms with van der Waals surface area (Å²) in [5.41, 5.74) is 1.00. The number of carbonyl (C=O) groups is 2. The van der Waals surface area contributed by atoms with Crippen molar-refractivity contribution in [1.29, 1.82) is 0 Å². The van der Waals surface area contributed by atoms with Crippen LogP contribution in [0.3, 0.4) is 0 Å². The van der Waals surface area contributed by atoms with Crippen LogP contribution in [0.15, 0.2) is 24.3 Å². The summed E-state index contributed by atoms with van der Waals surface area (Å²) in [4.78, 5) is 29.1. The second kappa shape index (κ2) is 8.74. The van der Waals surface area contributed by atoms with E-state index in [1.54, 1.807) is 4.90 Å². The molecular formula is C23H37N3O3. The Balaban J connectivity index is 2.05. The van der Waals surface area contributed by atoms with E-state index in [0.29, 0.717) is 18.7 Å². The summed E-state index contributed by atoms with van der Waals surface area (Å²) in [6.07, 6.45) is -0.253. The number of nitrogens with zero attached hydrogens (tertiary/aromatic N) is 2. The Hall–Kier alpha value is -2.08. The van der Waals surface area contributed by atoms with Crippen LogP contribution in [0, 0.1) is 0 Å². The summed E-state index contributed by atoms with van der Waals surface area (Å²) < 4.78 is 5.53. The summed E-state index contributed by atoms with van der Waals surface area (Å²) >= 11 is 0. The second-order valence-corrected chi connectivity index (χ2v) is 10.2. The second-order valence-electron chi connectivity index (χ2n) is 10.2. The average molecular weight is 404 g/mol. The van der Waals surface area contributed by atoms with Crippen molar-refractivity contribution < 1.29 is 14.3 Å². The minimum atomic E-state index is -0.491. The third kappa shape index (κ3) is 7.03. The Morgan fingerprint density at radius 3 is 2.17 bits per heavy atom. The Bertz CT molecular complexity index is 722. The highest BCUT2D eigenvalue weighted by Crippen LogP contribution is 2.21. The first-order chi connectivity index (χ1) is 13.2. The van der Waals surface area contributed by atoms with Crippen LogP contribution in [0.2, 0.25) is 0 Å². The molecule has 1 N–H and O–H groups in total. The normalized spacial score (nSPS) is 21.0. The molecule has 1 aromatic rings. The number of amides is 2. The number of rotatable bonds is 3. The number of benzene rings is 1. The largest absolute Gasteiger partial charge is 0.444 e. The molecule has 1 aromatic carbocycles. The lowest BCUT2D eigenvalue weighted by Crippen LogP contribution is -2.58. The van der Waals surface area contributed by atoms with Crippen molar-refractivity contribution in [1.82, 2.24) is 15.1 Å². The fourth-order valence-corrected chi connectivity index (χ4v) is 3.58. The quantitative estimate of drug-likeness (QED) is 0.827. The molecule has 0 bridgehead atoms. The topological polar surface area (TPSA) is 61.9 Å². The molecule has 6 nitrogen and oxygen atoms in total. The first-order valence-corrected chi connectivity index (χ1v) is 10.4. The van der Waals surface area contributed by atoms with Gasteiger partial charge in [0, 0.05) is 42.8 Å². The summed E-state index contributed by atoms with van der Waals surface area (Å²) in [6.45, 7) is 17.8. The predicted molar refractivity (Wildman–Crippen MR) is 116 cm³/mol. The molecule has 0 aliphatic carbocycles. The molecule has 0 radical (unpaired) electrons. The van der Waals surface area contributed by atoms with Gasteiger partial charge < -0.3 is 15.0 Å². The minimum absolute atomic E-state index is 0.0600. The molecule has 1 aliphatic heterocycles. The van der Waals surface area contributed by atoms with E-state index < -0.39 is 5.60 Å². The molecule has 29 heavy (non-hydrogen) atoms. The molecule has 0 unspecified atom stereocenters. The first kappa shape index (κ1) is 23.2. The van der Waals surface area contributed by atoms with Gasteiger partial charge in [-0.05, 0) is 73.1 Å². The van der Waals surface area contributed by atoms with Gasteiger partial charge in [0.05, 0.1) is 0 Å². The van der Waals surface area contributed by atoms with Crippen molar-refractivity contribution in [2.75, 3.05) is 13.1 Å². The standard InChI is InChI=1S/C23H37N3O3/c1-16-13-25(21(28)29-23(6,7)8)14-17(2)26(16)15-18-10-9-11-19(12-18)20(27)24-22(3,4)5/h9-12,16-17H,13-15H2,1-8H3,(H,24,27)/t16-,17+. The molecule has 1 aliphatic rings. The van der Waals surface area contributed by atoms with Crippen molar-refractivity contribution >= 4 is 12.0 Å². The molecule has 162 valence electrons. The maximum absolute atomic E-state index is 12.5. The molecule has 0 spiro atoms. The number of hydrogen-bond donors (Lipinski definition) is 1. The van der Waals surface area contributed by atoms with Gasteiger partial charge in [-0.2, -0.15) is 0 Å². The fraction of sp³-hybridized carbons (Fsp3) is 0.652. The molecule has 6 heteroatoms. The highest BCUT2D eigenvalue weighted by atomic mass is 16.6. The van der Waals surface area contributed by atoms with Crippen LogP contribution < -0.4 is 5.32 Å². The number of carbonyl (C=O) groups excluding carboxylic acids is 2. The molecule has 1 fully saturated rings. The van der Waals surface area contributed by atoms with Crippen LogP contribution in [0.5, 0.6) is 0 Å². The van der Waals surface area contributed by atoms with E-state index in [2.05, 4.69) is 24.1 Å². The SMILES string of the molecule is C[C@@H]1CN(C(=O)OC(C)(C)C)C[C@H](C)N1Cc1cccc(C(=O)NC(C)(C)C)c1. The summed E-state index contributed by atoms with van der Waals surface area (Å²) in [5.74, 6) is -0.0600. The smallest absolute Gasteiger partial charge is 0.410 e. The molecule has 2 amide bonds. The number of nitrogens with one attached hydrogen (secondary N) is 1. The van der Waals surface area contributed by atoms with E-state index in [1.165, 1.54) is 0 Å². The maximum atomic E-state index is 12.5. The van der Waals surface area contributed by atoms with Crippen molar-refractivity contribution in [3.63, 3.8) is 0 Å². The molecule has 1 heterocycles. The van der Waals surface area contributed by atoms with Gasteiger partial charge in [0.1, 0.15) is 5.60 Å². The van der Waals surface area contributed by atoms with Crippen molar-refractivity contribution in [2.45, 2.75) is 85.2 Å². The van der Waals surface area contributed by atoms with Crippen LogP contribution >= 0.6 is 0 Å². The first-order valence-electron chi connectivity index (χ1n) is 10.4. The van der Waals surface area contributed by atoms with Crippen LogP contribution in [0.25, 0.3) is 0 Å². The van der Waals surface area contributed by atoms with Crippen LogP contribution in [-0.2, 0) is 11.3 Å². The van der Waals surface area contributed by atoms with E-state index in [4.69, 9.17) is 4.74 Å². The Labute approximate surface area is 175 Å². The number of hydrogen-bond acceptors (Lipinski definition) is 4. The van der Waals surface area contributed by atoms with Crippen LogP contribution in [-0.4, -0.2) is 58.1 Å². The van der Waals surface area contributed by atoms with E-state index in [0.717, 1.165) is 12.1 Å². The third-order valence-electron chi connectivity index (χ3n) is 4.80. The van der Waals surface area contributed by atoms with E-state index in [9.17, 15) is 9.59 Å². The lowest BCUT2D eigenvalue weighted by molar-refractivity contribution is -0.00968. The van der Waals surface area contributed by atoms with E-state index in [1.807, 2.05) is 65.8 Å². The van der Waals surface area contributed by atoms with Crippen molar-refractivity contribution in [3.8, 4) is 0 Å². The summed E-state index contributed by atoms with van der Waals surface area (Å²) in [6, 6.07) is 8.17. The molecule has 2 atom stereocenters. The Morgan fingerprint density at radius 1 is 1.07 bits per heavy atom. The van der Waals surface area contributed by atoms with Crippen LogP contribution in [0.1, 0.15) is 71.3 Å². The highest BCUT2D eigenvalue weighted by Gasteiger charge is 2.33. The van der Waals surface area contributed by atoms with Gasteiger partial charge in [-0.3, -0.25) is 9.69 Å².